The first-order valence-corrected chi connectivity index (χ1v) is 4.24. The van der Waals surface area contributed by atoms with E-state index >= 15 is 0 Å². The molecule has 1 rings (SSSR count). The third-order valence-electron chi connectivity index (χ3n) is 1.02. The van der Waals surface area contributed by atoms with Crippen molar-refractivity contribution in [2.75, 3.05) is 7.05 Å². The fraction of sp³-hybridized carbons (Fsp3) is 0.444. The quantitative estimate of drug-likeness (QED) is 0.717. The van der Waals surface area contributed by atoms with Crippen LogP contribution in [0.4, 0.5) is 0 Å². The molecule has 0 aromatic carbocycles. The number of aromatic nitrogens is 2. The smallest absolute Gasteiger partial charge is 0.271 e. The van der Waals surface area contributed by atoms with Crippen molar-refractivity contribution < 1.29 is 6.22 Å². The SMILES string of the molecule is CCC.CNC(=O)c1cnccn1.[HH]. The Balaban J connectivity index is 0. The molecule has 0 aliphatic carbocycles. The number of nitrogens with one attached hydrogen (secondary N) is 1. The fourth-order valence-electron chi connectivity index (χ4n) is 0.544. The summed E-state index contributed by atoms with van der Waals surface area (Å²) in [7, 11) is 1.55. The van der Waals surface area contributed by atoms with Gasteiger partial charge in [-0.3, -0.25) is 9.78 Å². The normalized spacial score (nSPS) is 8.23. The number of carbonyl (C=O) groups is 1. The van der Waals surface area contributed by atoms with E-state index < -0.39 is 0 Å². The summed E-state index contributed by atoms with van der Waals surface area (Å²) >= 11 is 0. The number of hydrogen-bond acceptors (Lipinski definition) is 3. The van der Waals surface area contributed by atoms with Gasteiger partial charge in [-0.15, -0.1) is 0 Å². The third-order valence-corrected chi connectivity index (χ3v) is 1.02. The zero-order chi connectivity index (χ0) is 10.1. The number of carbonyl (C=O) groups excluding carboxylic acids is 1. The maximum atomic E-state index is 10.8. The largest absolute Gasteiger partial charge is 0.354 e. The van der Waals surface area contributed by atoms with Crippen LogP contribution in [0.25, 0.3) is 0 Å². The lowest BCUT2D eigenvalue weighted by Gasteiger charge is -1.94. The Hall–Kier alpha value is -1.45. The van der Waals surface area contributed by atoms with Gasteiger partial charge in [0.15, 0.2) is 0 Å². The number of amides is 1. The molecule has 0 atom stereocenters. The van der Waals surface area contributed by atoms with Crippen molar-refractivity contribution in [3.8, 4) is 0 Å². The van der Waals surface area contributed by atoms with E-state index in [1.54, 1.807) is 7.05 Å². The molecule has 0 spiro atoms. The van der Waals surface area contributed by atoms with E-state index in [2.05, 4.69) is 29.1 Å². The summed E-state index contributed by atoms with van der Waals surface area (Å²) < 4.78 is 0. The number of rotatable bonds is 1. The van der Waals surface area contributed by atoms with Crippen LogP contribution in [-0.2, 0) is 0 Å². The predicted octanol–water partition coefficient (Wildman–Crippen LogP) is 1.50. The van der Waals surface area contributed by atoms with Crippen molar-refractivity contribution in [1.29, 1.82) is 0 Å². The van der Waals surface area contributed by atoms with E-state index in [1.165, 1.54) is 25.0 Å². The lowest BCUT2D eigenvalue weighted by molar-refractivity contribution is 0.0958. The highest BCUT2D eigenvalue weighted by molar-refractivity contribution is 5.91. The first kappa shape index (κ1) is 11.6. The van der Waals surface area contributed by atoms with Crippen LogP contribution in [0, 0.1) is 0 Å². The van der Waals surface area contributed by atoms with Crippen molar-refractivity contribution in [2.24, 2.45) is 0 Å². The minimum absolute atomic E-state index is 0. The fourth-order valence-corrected chi connectivity index (χ4v) is 0.544. The molecule has 4 heteroatoms. The third kappa shape index (κ3) is 4.90. The van der Waals surface area contributed by atoms with Gasteiger partial charge < -0.3 is 5.32 Å². The van der Waals surface area contributed by atoms with E-state index in [0.717, 1.165) is 0 Å². The molecule has 1 amide bonds. The highest BCUT2D eigenvalue weighted by Gasteiger charge is 2.01. The van der Waals surface area contributed by atoms with E-state index in [1.807, 2.05) is 0 Å². The van der Waals surface area contributed by atoms with E-state index in [4.69, 9.17) is 0 Å². The molecule has 4 nitrogen and oxygen atoms in total. The molecule has 13 heavy (non-hydrogen) atoms. The van der Waals surface area contributed by atoms with Crippen LogP contribution in [0.1, 0.15) is 32.2 Å². The van der Waals surface area contributed by atoms with Gasteiger partial charge in [0.05, 0.1) is 6.20 Å². The standard InChI is InChI=1S/C6H7N3O.C3H8.H2/c1-7-6(10)5-4-8-2-3-9-5;1-3-2;/h2-4H,1H3,(H,7,10);3H2,1-2H3;1H. The zero-order valence-electron chi connectivity index (χ0n) is 8.24. The van der Waals surface area contributed by atoms with E-state index in [9.17, 15) is 4.79 Å². The van der Waals surface area contributed by atoms with Gasteiger partial charge in [-0.25, -0.2) is 4.98 Å². The summed E-state index contributed by atoms with van der Waals surface area (Å²) in [6, 6.07) is 0. The second-order valence-corrected chi connectivity index (χ2v) is 2.38. The molecule has 1 aromatic heterocycles. The van der Waals surface area contributed by atoms with Crippen molar-refractivity contribution in [3.05, 3.63) is 24.3 Å². The molecule has 0 saturated heterocycles. The molecule has 74 valence electrons. The Morgan fingerprint density at radius 3 is 2.54 bits per heavy atom. The van der Waals surface area contributed by atoms with Gasteiger partial charge >= 0.3 is 0 Å². The Labute approximate surface area is 79.9 Å². The van der Waals surface area contributed by atoms with Crippen molar-refractivity contribution in [3.63, 3.8) is 0 Å². The van der Waals surface area contributed by atoms with Crippen LogP contribution in [0.2, 0.25) is 0 Å². The second-order valence-electron chi connectivity index (χ2n) is 2.38. The molecule has 1 aromatic rings. The molecule has 0 radical (unpaired) electrons. The van der Waals surface area contributed by atoms with Gasteiger partial charge in [0.2, 0.25) is 0 Å². The molecule has 0 fully saturated rings. The maximum Gasteiger partial charge on any atom is 0.271 e. The minimum atomic E-state index is -0.215. The molecular weight excluding hydrogens is 166 g/mol. The first-order chi connectivity index (χ1) is 6.26. The Kier molecular flexibility index (Phi) is 6.41. The Bertz CT molecular complexity index is 241. The average Bonchev–Trinajstić information content (AvgIpc) is 2.19. The summed E-state index contributed by atoms with van der Waals surface area (Å²) in [6.45, 7) is 4.25. The number of hydrogen-bond donors (Lipinski definition) is 1. The van der Waals surface area contributed by atoms with Crippen molar-refractivity contribution >= 4 is 5.91 Å². The van der Waals surface area contributed by atoms with Gasteiger partial charge in [-0.1, -0.05) is 20.3 Å². The van der Waals surface area contributed by atoms with Crippen molar-refractivity contribution in [2.45, 2.75) is 20.3 Å². The highest BCUT2D eigenvalue weighted by atomic mass is 16.1. The summed E-state index contributed by atoms with van der Waals surface area (Å²) in [5.41, 5.74) is 0.338. The molecule has 0 aliphatic rings. The zero-order valence-corrected chi connectivity index (χ0v) is 8.24. The number of nitrogens with zero attached hydrogens (tertiary/aromatic N) is 2. The Morgan fingerprint density at radius 1 is 1.54 bits per heavy atom. The summed E-state index contributed by atoms with van der Waals surface area (Å²) in [4.78, 5) is 18.3. The topological polar surface area (TPSA) is 54.9 Å². The highest BCUT2D eigenvalue weighted by Crippen LogP contribution is 1.87. The monoisotopic (exact) mass is 183 g/mol. The molecule has 1 heterocycles. The van der Waals surface area contributed by atoms with Gasteiger partial charge in [0.25, 0.3) is 5.91 Å². The molecule has 0 unspecified atom stereocenters. The lowest BCUT2D eigenvalue weighted by atomic mass is 10.4. The molecule has 1 N–H and O–H groups in total. The van der Waals surface area contributed by atoms with Crippen LogP contribution < -0.4 is 5.32 Å². The van der Waals surface area contributed by atoms with Crippen molar-refractivity contribution in [1.82, 2.24) is 15.3 Å². The molecule has 0 bridgehead atoms. The lowest BCUT2D eigenvalue weighted by Crippen LogP contribution is -2.19. The van der Waals surface area contributed by atoms with Gasteiger partial charge in [0.1, 0.15) is 5.69 Å². The summed E-state index contributed by atoms with van der Waals surface area (Å²) in [5.74, 6) is -0.215. The minimum Gasteiger partial charge on any atom is -0.354 e. The first-order valence-electron chi connectivity index (χ1n) is 4.24. The second kappa shape index (κ2) is 7.21. The van der Waals surface area contributed by atoms with Gasteiger partial charge in [0, 0.05) is 20.9 Å². The van der Waals surface area contributed by atoms with Gasteiger partial charge in [-0.2, -0.15) is 0 Å². The predicted molar refractivity (Wildman–Crippen MR) is 53.5 cm³/mol. The van der Waals surface area contributed by atoms with E-state index in [-0.39, 0.29) is 7.33 Å². The molecule has 0 saturated carbocycles. The van der Waals surface area contributed by atoms with Crippen LogP contribution in [0.15, 0.2) is 18.6 Å². The maximum absolute atomic E-state index is 10.8. The molecular formula is C9H17N3O. The van der Waals surface area contributed by atoms with Gasteiger partial charge in [-0.05, 0) is 0 Å². The van der Waals surface area contributed by atoms with Crippen LogP contribution in [-0.4, -0.2) is 22.9 Å². The van der Waals surface area contributed by atoms with Crippen LogP contribution >= 0.6 is 0 Å². The van der Waals surface area contributed by atoms with Crippen LogP contribution in [0.3, 0.4) is 0 Å². The summed E-state index contributed by atoms with van der Waals surface area (Å²) in [5, 5.41) is 2.44. The Morgan fingerprint density at radius 2 is 2.15 bits per heavy atom. The van der Waals surface area contributed by atoms with Crippen LogP contribution in [0.5, 0.6) is 0 Å². The summed E-state index contributed by atoms with van der Waals surface area (Å²) in [6.07, 6.45) is 5.66. The average molecular weight is 183 g/mol. The van der Waals surface area contributed by atoms with E-state index in [0.29, 0.717) is 5.69 Å². The molecule has 0 aliphatic heterocycles.